The predicted molar refractivity (Wildman–Crippen MR) is 134 cm³/mol. The van der Waals surface area contributed by atoms with Crippen LogP contribution in [0.25, 0.3) is 22.4 Å². The van der Waals surface area contributed by atoms with Crippen molar-refractivity contribution in [2.45, 2.75) is 45.9 Å². The normalized spacial score (nSPS) is 18.2. The van der Waals surface area contributed by atoms with Gasteiger partial charge in [0.2, 0.25) is 5.69 Å². The minimum Gasteiger partial charge on any atom is -0.201 e. The Morgan fingerprint density at radius 2 is 1.53 bits per heavy atom. The Kier molecular flexibility index (Phi) is 4.04. The van der Waals surface area contributed by atoms with Crippen molar-refractivity contribution in [3.05, 3.63) is 112 Å². The molecule has 0 bridgehead atoms. The van der Waals surface area contributed by atoms with Crippen LogP contribution in [0.4, 0.5) is 0 Å². The summed E-state index contributed by atoms with van der Waals surface area (Å²) < 4.78 is 26.8. The minimum atomic E-state index is -2.22. The van der Waals surface area contributed by atoms with Gasteiger partial charge in [-0.2, -0.15) is 0 Å². The second-order valence-electron chi connectivity index (χ2n) is 9.65. The largest absolute Gasteiger partial charge is 0.213 e. The van der Waals surface area contributed by atoms with Crippen LogP contribution < -0.4 is 4.57 Å². The van der Waals surface area contributed by atoms with Gasteiger partial charge >= 0.3 is 0 Å². The summed E-state index contributed by atoms with van der Waals surface area (Å²) in [5, 5.41) is 0. The maximum Gasteiger partial charge on any atom is 0.213 e. The van der Waals surface area contributed by atoms with Gasteiger partial charge in [0.05, 0.1) is 0 Å². The monoisotopic (exact) mass is 421 g/mol. The van der Waals surface area contributed by atoms with E-state index < -0.39 is 6.85 Å². The molecule has 5 rings (SSSR count). The van der Waals surface area contributed by atoms with Crippen LogP contribution in [-0.2, 0) is 12.5 Å². The van der Waals surface area contributed by atoms with E-state index in [1.807, 2.05) is 23.7 Å². The van der Waals surface area contributed by atoms with Crippen LogP contribution in [0, 0.1) is 13.8 Å². The fourth-order valence-electron chi connectivity index (χ4n) is 5.41. The first-order chi connectivity index (χ1) is 16.5. The molecule has 1 atom stereocenters. The Labute approximate surface area is 196 Å². The van der Waals surface area contributed by atoms with Crippen molar-refractivity contribution < 1.29 is 8.68 Å². The molecule has 0 aliphatic heterocycles. The summed E-state index contributed by atoms with van der Waals surface area (Å²) in [5.74, 6) is 0.293. The van der Waals surface area contributed by atoms with Crippen LogP contribution in [-0.4, -0.2) is 0 Å². The lowest BCUT2D eigenvalue weighted by Gasteiger charge is -2.38. The second kappa shape index (κ2) is 7.45. The van der Waals surface area contributed by atoms with Gasteiger partial charge in [-0.25, -0.2) is 4.57 Å². The van der Waals surface area contributed by atoms with Crippen molar-refractivity contribution in [3.63, 3.8) is 0 Å². The zero-order chi connectivity index (χ0) is 25.1. The third-order valence-electron chi connectivity index (χ3n) is 7.30. The number of hydrogen-bond donors (Lipinski definition) is 0. The molecule has 0 N–H and O–H groups in total. The van der Waals surface area contributed by atoms with Crippen molar-refractivity contribution in [1.82, 2.24) is 0 Å². The number of rotatable bonds is 2. The molecule has 160 valence electrons. The van der Waals surface area contributed by atoms with Gasteiger partial charge in [0, 0.05) is 32.6 Å². The number of pyridine rings is 1. The van der Waals surface area contributed by atoms with Gasteiger partial charge in [-0.3, -0.25) is 0 Å². The first-order valence-electron chi connectivity index (χ1n) is 12.8. The molecule has 1 aliphatic carbocycles. The van der Waals surface area contributed by atoms with Crippen LogP contribution in [0.5, 0.6) is 0 Å². The number of benzene rings is 3. The molecule has 0 saturated heterocycles. The van der Waals surface area contributed by atoms with Gasteiger partial charge in [-0.1, -0.05) is 75.4 Å². The van der Waals surface area contributed by atoms with Crippen LogP contribution in [0.2, 0.25) is 0 Å². The zero-order valence-corrected chi connectivity index (χ0v) is 19.5. The molecule has 4 aromatic rings. The average molecular weight is 422 g/mol. The molecule has 0 fully saturated rings. The van der Waals surface area contributed by atoms with Gasteiger partial charge in [0.15, 0.2) is 6.20 Å². The van der Waals surface area contributed by atoms with Crippen LogP contribution in [0.1, 0.15) is 64.2 Å². The number of aryl methyl sites for hydroxylation is 3. The highest BCUT2D eigenvalue weighted by Crippen LogP contribution is 2.47. The molecule has 1 nitrogen and oxygen atoms in total. The first kappa shape index (κ1) is 17.4. The van der Waals surface area contributed by atoms with Gasteiger partial charge in [0.25, 0.3) is 0 Å². The molecule has 3 aromatic carbocycles. The van der Waals surface area contributed by atoms with E-state index in [1.165, 1.54) is 22.3 Å². The van der Waals surface area contributed by atoms with Crippen molar-refractivity contribution in [2.75, 3.05) is 0 Å². The molecule has 0 spiro atoms. The zero-order valence-electron chi connectivity index (χ0n) is 22.5. The van der Waals surface area contributed by atoms with E-state index in [0.29, 0.717) is 11.5 Å². The molecule has 0 amide bonds. The Hall–Kier alpha value is -3.19. The summed E-state index contributed by atoms with van der Waals surface area (Å²) >= 11 is 0. The lowest BCUT2D eigenvalue weighted by molar-refractivity contribution is -0.660. The standard InChI is InChI=1S/C31H32N/c1-20-11-7-8-12-24(20)30-18-27(21(2)19-32(30)6)23-15-16-26-22(3)25-13-9-10-14-28(25)31(4,5)29(26)17-23/h7-19,22H,1-6H3/q+1/i2D3. The third kappa shape index (κ3) is 3.11. The summed E-state index contributed by atoms with van der Waals surface area (Å²) in [7, 11) is 1.93. The Morgan fingerprint density at radius 3 is 2.31 bits per heavy atom. The molecular formula is C31H32N+. The lowest BCUT2D eigenvalue weighted by Crippen LogP contribution is -2.31. The second-order valence-corrected chi connectivity index (χ2v) is 9.65. The summed E-state index contributed by atoms with van der Waals surface area (Å²) in [6.45, 7) is 6.68. The van der Waals surface area contributed by atoms with Crippen LogP contribution in [0.3, 0.4) is 0 Å². The fourth-order valence-corrected chi connectivity index (χ4v) is 5.41. The van der Waals surface area contributed by atoms with E-state index in [-0.39, 0.29) is 5.41 Å². The SMILES string of the molecule is [2H]C([2H])([2H])c1c[n+](C)c(-c2ccccc2C)cc1-c1ccc2c(c1)C(C)(C)c1ccccc1C2C. The highest BCUT2D eigenvalue weighted by Gasteiger charge is 2.35. The lowest BCUT2D eigenvalue weighted by atomic mass is 9.65. The van der Waals surface area contributed by atoms with Crippen LogP contribution >= 0.6 is 0 Å². The van der Waals surface area contributed by atoms with Gasteiger partial charge in [-0.15, -0.1) is 0 Å². The Morgan fingerprint density at radius 1 is 0.812 bits per heavy atom. The number of aromatic nitrogens is 1. The molecule has 32 heavy (non-hydrogen) atoms. The minimum absolute atomic E-state index is 0.174. The fraction of sp³-hybridized carbons (Fsp3) is 0.258. The smallest absolute Gasteiger partial charge is 0.201 e. The number of nitrogens with zero attached hydrogens (tertiary/aromatic N) is 1. The average Bonchev–Trinajstić information content (AvgIpc) is 2.82. The van der Waals surface area contributed by atoms with Crippen molar-refractivity contribution >= 4 is 0 Å². The molecule has 0 radical (unpaired) electrons. The van der Waals surface area contributed by atoms with Crippen molar-refractivity contribution in [3.8, 4) is 22.4 Å². The highest BCUT2D eigenvalue weighted by atomic mass is 14.9. The van der Waals surface area contributed by atoms with Gasteiger partial charge in [-0.05, 0) is 64.9 Å². The highest BCUT2D eigenvalue weighted by molar-refractivity contribution is 5.74. The van der Waals surface area contributed by atoms with E-state index >= 15 is 0 Å². The topological polar surface area (TPSA) is 3.88 Å². The molecular weight excluding hydrogens is 386 g/mol. The number of hydrogen-bond acceptors (Lipinski definition) is 0. The van der Waals surface area contributed by atoms with Gasteiger partial charge < -0.3 is 0 Å². The van der Waals surface area contributed by atoms with Gasteiger partial charge in [0.1, 0.15) is 7.05 Å². The molecule has 1 heteroatoms. The Balaban J connectivity index is 1.76. The summed E-state index contributed by atoms with van der Waals surface area (Å²) in [6, 6.07) is 25.5. The molecule has 1 aromatic heterocycles. The van der Waals surface area contributed by atoms with E-state index in [4.69, 9.17) is 4.11 Å². The molecule has 1 aliphatic rings. The molecule has 0 saturated carbocycles. The van der Waals surface area contributed by atoms with Crippen molar-refractivity contribution in [1.29, 1.82) is 0 Å². The molecule has 1 unspecified atom stereocenters. The predicted octanol–water partition coefficient (Wildman–Crippen LogP) is 7.25. The number of fused-ring (bicyclic) bond motifs is 2. The summed E-state index contributed by atoms with van der Waals surface area (Å²) in [5.41, 5.74) is 10.5. The first-order valence-corrected chi connectivity index (χ1v) is 11.3. The van der Waals surface area contributed by atoms with Crippen molar-refractivity contribution in [2.24, 2.45) is 7.05 Å². The quantitative estimate of drug-likeness (QED) is 0.300. The van der Waals surface area contributed by atoms with E-state index in [0.717, 1.165) is 27.9 Å². The summed E-state index contributed by atoms with van der Waals surface area (Å²) in [4.78, 5) is 0. The van der Waals surface area contributed by atoms with E-state index in [9.17, 15) is 0 Å². The Bertz CT molecular complexity index is 1450. The molecule has 1 heterocycles. The van der Waals surface area contributed by atoms with E-state index in [2.05, 4.69) is 88.4 Å². The van der Waals surface area contributed by atoms with Crippen LogP contribution in [0.15, 0.2) is 79.0 Å². The van der Waals surface area contributed by atoms with E-state index in [1.54, 1.807) is 6.20 Å². The maximum atomic E-state index is 8.29. The third-order valence-corrected chi connectivity index (χ3v) is 7.30. The summed E-state index contributed by atoms with van der Waals surface area (Å²) in [6.07, 6.45) is 1.78. The maximum absolute atomic E-state index is 8.29.